The van der Waals surface area contributed by atoms with E-state index in [0.29, 0.717) is 24.1 Å². The molecule has 0 unspecified atom stereocenters. The van der Waals surface area contributed by atoms with Gasteiger partial charge >= 0.3 is 0 Å². The molecule has 6 heteroatoms. The van der Waals surface area contributed by atoms with Crippen molar-refractivity contribution in [2.24, 2.45) is 10.7 Å². The van der Waals surface area contributed by atoms with Crippen molar-refractivity contribution in [1.29, 1.82) is 0 Å². The van der Waals surface area contributed by atoms with Gasteiger partial charge in [-0.05, 0) is 43.5 Å². The van der Waals surface area contributed by atoms with Gasteiger partial charge < -0.3 is 15.8 Å². The lowest BCUT2D eigenvalue weighted by atomic mass is 10.1. The minimum absolute atomic E-state index is 0. The zero-order valence-electron chi connectivity index (χ0n) is 12.0. The average Bonchev–Trinajstić information content (AvgIpc) is 2.39. The van der Waals surface area contributed by atoms with Crippen molar-refractivity contribution in [2.45, 2.75) is 26.7 Å². The van der Waals surface area contributed by atoms with Crippen molar-refractivity contribution in [2.75, 3.05) is 19.7 Å². The van der Waals surface area contributed by atoms with Gasteiger partial charge in [-0.15, -0.1) is 24.0 Å². The molecular weight excluding hydrogens is 389 g/mol. The number of hydrogen-bond acceptors (Lipinski definition) is 2. The Labute approximate surface area is 143 Å². The first-order valence-corrected chi connectivity index (χ1v) is 7.00. The summed E-state index contributed by atoms with van der Waals surface area (Å²) in [7, 11) is 0. The standard InChI is InChI=1S/C14H22ClN3O.HI/c1-3-8-17-14(16)18-9-7-11-10-12(15)5-6-13(11)19-4-2;/h5-6,10H,3-4,7-9H2,1-2H3,(H3,16,17,18);1H. The zero-order valence-corrected chi connectivity index (χ0v) is 15.1. The molecule has 0 radical (unpaired) electrons. The monoisotopic (exact) mass is 411 g/mol. The topological polar surface area (TPSA) is 59.6 Å². The van der Waals surface area contributed by atoms with Crippen LogP contribution in [0.5, 0.6) is 5.75 Å². The van der Waals surface area contributed by atoms with Gasteiger partial charge in [0.1, 0.15) is 5.75 Å². The second kappa shape index (κ2) is 11.0. The van der Waals surface area contributed by atoms with E-state index < -0.39 is 0 Å². The van der Waals surface area contributed by atoms with Crippen LogP contribution in [0.2, 0.25) is 5.02 Å². The normalized spacial score (nSPS) is 10.8. The van der Waals surface area contributed by atoms with Gasteiger partial charge in [0, 0.05) is 18.1 Å². The average molecular weight is 412 g/mol. The quantitative estimate of drug-likeness (QED) is 0.411. The van der Waals surface area contributed by atoms with Crippen molar-refractivity contribution >= 4 is 41.5 Å². The molecule has 0 amide bonds. The fraction of sp³-hybridized carbons (Fsp3) is 0.500. The zero-order chi connectivity index (χ0) is 14.1. The summed E-state index contributed by atoms with van der Waals surface area (Å²) in [4.78, 5) is 4.18. The third-order valence-corrected chi connectivity index (χ3v) is 2.76. The number of nitrogens with one attached hydrogen (secondary N) is 1. The fourth-order valence-corrected chi connectivity index (χ4v) is 1.85. The first-order chi connectivity index (χ1) is 9.17. The first kappa shape index (κ1) is 19.3. The summed E-state index contributed by atoms with van der Waals surface area (Å²) in [6.07, 6.45) is 1.78. The van der Waals surface area contributed by atoms with Crippen LogP contribution in [-0.2, 0) is 6.42 Å². The Hall–Kier alpha value is -0.690. The van der Waals surface area contributed by atoms with Crippen LogP contribution in [0.25, 0.3) is 0 Å². The molecule has 0 atom stereocenters. The van der Waals surface area contributed by atoms with Crippen LogP contribution in [0.3, 0.4) is 0 Å². The summed E-state index contributed by atoms with van der Waals surface area (Å²) in [5.41, 5.74) is 6.81. The van der Waals surface area contributed by atoms with Crippen molar-refractivity contribution in [3.63, 3.8) is 0 Å². The third kappa shape index (κ3) is 7.19. The van der Waals surface area contributed by atoms with Gasteiger partial charge in [-0.1, -0.05) is 18.5 Å². The van der Waals surface area contributed by atoms with Gasteiger partial charge in [0.25, 0.3) is 0 Å². The summed E-state index contributed by atoms with van der Waals surface area (Å²) < 4.78 is 5.57. The number of nitrogens with zero attached hydrogens (tertiary/aromatic N) is 1. The van der Waals surface area contributed by atoms with E-state index >= 15 is 0 Å². The molecule has 0 aliphatic rings. The summed E-state index contributed by atoms with van der Waals surface area (Å²) in [6.45, 7) is 6.13. The molecule has 0 bridgehead atoms. The van der Waals surface area contributed by atoms with Crippen molar-refractivity contribution in [3.05, 3.63) is 28.8 Å². The SMILES string of the molecule is CCCN=C(N)NCCc1cc(Cl)ccc1OCC.I. The Morgan fingerprint density at radius 3 is 2.80 bits per heavy atom. The predicted molar refractivity (Wildman–Crippen MR) is 96.5 cm³/mol. The molecule has 0 saturated heterocycles. The van der Waals surface area contributed by atoms with Crippen LogP contribution in [0.15, 0.2) is 23.2 Å². The number of ether oxygens (including phenoxy) is 1. The molecule has 20 heavy (non-hydrogen) atoms. The van der Waals surface area contributed by atoms with Crippen LogP contribution >= 0.6 is 35.6 Å². The molecule has 0 aliphatic heterocycles. The van der Waals surface area contributed by atoms with Gasteiger partial charge in [0.2, 0.25) is 0 Å². The van der Waals surface area contributed by atoms with E-state index in [0.717, 1.165) is 30.7 Å². The predicted octanol–water partition coefficient (Wildman–Crippen LogP) is 3.21. The van der Waals surface area contributed by atoms with Crippen LogP contribution in [-0.4, -0.2) is 25.7 Å². The van der Waals surface area contributed by atoms with E-state index in [4.69, 9.17) is 22.1 Å². The Bertz CT molecular complexity index is 427. The van der Waals surface area contributed by atoms with Crippen LogP contribution in [0, 0.1) is 0 Å². The molecule has 0 fully saturated rings. The highest BCUT2D eigenvalue weighted by Gasteiger charge is 2.04. The molecule has 1 aromatic carbocycles. The molecule has 114 valence electrons. The lowest BCUT2D eigenvalue weighted by molar-refractivity contribution is 0.336. The Kier molecular flexibility index (Phi) is 10.6. The maximum atomic E-state index is 6.00. The number of guanidine groups is 1. The lowest BCUT2D eigenvalue weighted by Crippen LogP contribution is -2.33. The molecule has 1 aromatic rings. The van der Waals surface area contributed by atoms with Gasteiger partial charge in [-0.3, -0.25) is 4.99 Å². The van der Waals surface area contributed by atoms with Gasteiger partial charge in [-0.25, -0.2) is 0 Å². The summed E-state index contributed by atoms with van der Waals surface area (Å²) in [5, 5.41) is 3.80. The number of aliphatic imine (C=N–C) groups is 1. The number of benzene rings is 1. The molecule has 0 saturated carbocycles. The highest BCUT2D eigenvalue weighted by atomic mass is 127. The summed E-state index contributed by atoms with van der Waals surface area (Å²) in [6, 6.07) is 5.66. The third-order valence-electron chi connectivity index (χ3n) is 2.53. The van der Waals surface area contributed by atoms with Crippen LogP contribution < -0.4 is 15.8 Å². The van der Waals surface area contributed by atoms with E-state index in [1.54, 1.807) is 0 Å². The van der Waals surface area contributed by atoms with E-state index in [1.807, 2.05) is 25.1 Å². The maximum absolute atomic E-state index is 6.00. The number of halogens is 2. The Morgan fingerprint density at radius 2 is 2.15 bits per heavy atom. The van der Waals surface area contributed by atoms with Crippen molar-refractivity contribution < 1.29 is 4.74 Å². The maximum Gasteiger partial charge on any atom is 0.188 e. The molecule has 1 rings (SSSR count). The highest BCUT2D eigenvalue weighted by molar-refractivity contribution is 14.0. The van der Waals surface area contributed by atoms with Gasteiger partial charge in [0.15, 0.2) is 5.96 Å². The second-order valence-corrected chi connectivity index (χ2v) is 4.57. The van der Waals surface area contributed by atoms with E-state index in [-0.39, 0.29) is 24.0 Å². The van der Waals surface area contributed by atoms with E-state index in [1.165, 1.54) is 0 Å². The van der Waals surface area contributed by atoms with E-state index in [2.05, 4.69) is 17.2 Å². The summed E-state index contributed by atoms with van der Waals surface area (Å²) in [5.74, 6) is 1.36. The minimum Gasteiger partial charge on any atom is -0.494 e. The Morgan fingerprint density at radius 1 is 1.40 bits per heavy atom. The second-order valence-electron chi connectivity index (χ2n) is 4.13. The molecular formula is C14H23ClIN3O. The number of rotatable bonds is 7. The fourth-order valence-electron chi connectivity index (χ4n) is 1.65. The smallest absolute Gasteiger partial charge is 0.188 e. The van der Waals surface area contributed by atoms with Crippen LogP contribution in [0.4, 0.5) is 0 Å². The summed E-state index contributed by atoms with van der Waals surface area (Å²) >= 11 is 6.00. The lowest BCUT2D eigenvalue weighted by Gasteiger charge is -2.11. The molecule has 0 aliphatic carbocycles. The molecule has 0 heterocycles. The number of hydrogen-bond donors (Lipinski definition) is 2. The molecule has 0 spiro atoms. The van der Waals surface area contributed by atoms with Gasteiger partial charge in [-0.2, -0.15) is 0 Å². The largest absolute Gasteiger partial charge is 0.494 e. The first-order valence-electron chi connectivity index (χ1n) is 6.62. The number of nitrogens with two attached hydrogens (primary N) is 1. The molecule has 3 N–H and O–H groups in total. The highest BCUT2D eigenvalue weighted by Crippen LogP contribution is 2.23. The molecule has 0 aromatic heterocycles. The molecule has 4 nitrogen and oxygen atoms in total. The minimum atomic E-state index is 0. The van der Waals surface area contributed by atoms with Crippen molar-refractivity contribution in [1.82, 2.24) is 5.32 Å². The van der Waals surface area contributed by atoms with Gasteiger partial charge in [0.05, 0.1) is 6.61 Å². The Balaban J connectivity index is 0.00000361. The van der Waals surface area contributed by atoms with E-state index in [9.17, 15) is 0 Å². The van der Waals surface area contributed by atoms with Crippen molar-refractivity contribution in [3.8, 4) is 5.75 Å². The van der Waals surface area contributed by atoms with Crippen LogP contribution in [0.1, 0.15) is 25.8 Å².